The third-order valence-corrected chi connectivity index (χ3v) is 6.78. The number of ether oxygens (including phenoxy) is 1. The van der Waals surface area contributed by atoms with E-state index in [0.29, 0.717) is 12.1 Å². The first-order valence-electron chi connectivity index (χ1n) is 11.4. The van der Waals surface area contributed by atoms with Crippen LogP contribution in [0.3, 0.4) is 0 Å². The van der Waals surface area contributed by atoms with E-state index in [4.69, 9.17) is 4.74 Å². The minimum atomic E-state index is 0.140. The van der Waals surface area contributed by atoms with Crippen LogP contribution in [-0.2, 0) is 0 Å². The van der Waals surface area contributed by atoms with E-state index in [9.17, 15) is 4.79 Å². The van der Waals surface area contributed by atoms with Gasteiger partial charge in [-0.2, -0.15) is 0 Å². The van der Waals surface area contributed by atoms with Gasteiger partial charge in [0.2, 0.25) is 0 Å². The summed E-state index contributed by atoms with van der Waals surface area (Å²) in [5.41, 5.74) is 0.776. The van der Waals surface area contributed by atoms with Crippen molar-refractivity contribution in [3.05, 3.63) is 42.0 Å². The SMILES string of the molecule is CC(C)N1CCN(C(=O)c2ccc3cc(OCCC4CCCN4C)ccc3c2)CC1. The number of benzene rings is 2. The van der Waals surface area contributed by atoms with Gasteiger partial charge >= 0.3 is 0 Å². The summed E-state index contributed by atoms with van der Waals surface area (Å²) < 4.78 is 6.02. The minimum absolute atomic E-state index is 0.140. The Hall–Kier alpha value is -2.11. The molecule has 2 aliphatic rings. The molecule has 5 nitrogen and oxygen atoms in total. The van der Waals surface area contributed by atoms with E-state index in [1.807, 2.05) is 29.2 Å². The molecule has 2 aromatic carbocycles. The van der Waals surface area contributed by atoms with Crippen LogP contribution >= 0.6 is 0 Å². The summed E-state index contributed by atoms with van der Waals surface area (Å²) in [6.45, 7) is 9.89. The van der Waals surface area contributed by atoms with Gasteiger partial charge in [0.15, 0.2) is 0 Å². The number of fused-ring (bicyclic) bond motifs is 1. The molecule has 30 heavy (non-hydrogen) atoms. The molecule has 0 N–H and O–H groups in total. The van der Waals surface area contributed by atoms with Crippen molar-refractivity contribution in [2.24, 2.45) is 0 Å². The third kappa shape index (κ3) is 4.79. The summed E-state index contributed by atoms with van der Waals surface area (Å²) in [5, 5.41) is 2.20. The predicted octanol–water partition coefficient (Wildman–Crippen LogP) is 3.87. The molecule has 5 heteroatoms. The van der Waals surface area contributed by atoms with Crippen LogP contribution in [0.2, 0.25) is 0 Å². The molecule has 0 radical (unpaired) electrons. The summed E-state index contributed by atoms with van der Waals surface area (Å²) >= 11 is 0. The first-order chi connectivity index (χ1) is 14.5. The second kappa shape index (κ2) is 9.36. The minimum Gasteiger partial charge on any atom is -0.494 e. The van der Waals surface area contributed by atoms with Gasteiger partial charge in [0, 0.05) is 43.8 Å². The second-order valence-electron chi connectivity index (χ2n) is 9.06. The van der Waals surface area contributed by atoms with Crippen LogP contribution in [0.4, 0.5) is 0 Å². The largest absolute Gasteiger partial charge is 0.494 e. The van der Waals surface area contributed by atoms with E-state index in [1.165, 1.54) is 19.4 Å². The van der Waals surface area contributed by atoms with Crippen molar-refractivity contribution < 1.29 is 9.53 Å². The van der Waals surface area contributed by atoms with Crippen LogP contribution in [0.1, 0.15) is 43.5 Å². The number of amides is 1. The van der Waals surface area contributed by atoms with Crippen molar-refractivity contribution in [3.8, 4) is 5.75 Å². The monoisotopic (exact) mass is 409 g/mol. The van der Waals surface area contributed by atoms with Gasteiger partial charge in [-0.05, 0) is 81.7 Å². The quantitative estimate of drug-likeness (QED) is 0.726. The molecule has 0 aromatic heterocycles. The number of nitrogens with zero attached hydrogens (tertiary/aromatic N) is 3. The molecule has 2 aromatic rings. The van der Waals surface area contributed by atoms with E-state index in [0.717, 1.165) is 61.3 Å². The second-order valence-corrected chi connectivity index (χ2v) is 9.06. The molecule has 0 spiro atoms. The fourth-order valence-electron chi connectivity index (χ4n) is 4.73. The normalized spacial score (nSPS) is 20.9. The van der Waals surface area contributed by atoms with Gasteiger partial charge in [-0.15, -0.1) is 0 Å². The zero-order chi connectivity index (χ0) is 21.1. The predicted molar refractivity (Wildman–Crippen MR) is 122 cm³/mol. The van der Waals surface area contributed by atoms with Crippen LogP contribution in [0.15, 0.2) is 36.4 Å². The highest BCUT2D eigenvalue weighted by Crippen LogP contribution is 2.24. The fraction of sp³-hybridized carbons (Fsp3) is 0.560. The molecule has 1 atom stereocenters. The van der Waals surface area contributed by atoms with Crippen LogP contribution in [0.5, 0.6) is 5.75 Å². The number of piperazine rings is 1. The summed E-state index contributed by atoms with van der Waals surface area (Å²) in [6.07, 6.45) is 3.65. The number of carbonyl (C=O) groups excluding carboxylic acids is 1. The Morgan fingerprint density at radius 1 is 1.03 bits per heavy atom. The molecule has 162 valence electrons. The van der Waals surface area contributed by atoms with Crippen LogP contribution in [0, 0.1) is 0 Å². The molecule has 2 aliphatic heterocycles. The van der Waals surface area contributed by atoms with Crippen molar-refractivity contribution in [2.45, 2.75) is 45.2 Å². The maximum atomic E-state index is 13.0. The summed E-state index contributed by atoms with van der Waals surface area (Å²) in [4.78, 5) is 19.8. The number of hydrogen-bond acceptors (Lipinski definition) is 4. The lowest BCUT2D eigenvalue weighted by atomic mass is 10.1. The first-order valence-corrected chi connectivity index (χ1v) is 11.4. The zero-order valence-corrected chi connectivity index (χ0v) is 18.6. The molecule has 2 fully saturated rings. The van der Waals surface area contributed by atoms with Crippen molar-refractivity contribution in [3.63, 3.8) is 0 Å². The Morgan fingerprint density at radius 3 is 2.47 bits per heavy atom. The van der Waals surface area contributed by atoms with Gasteiger partial charge in [-0.3, -0.25) is 9.69 Å². The summed E-state index contributed by atoms with van der Waals surface area (Å²) in [5.74, 6) is 1.05. The van der Waals surface area contributed by atoms with Gasteiger partial charge in [0.25, 0.3) is 5.91 Å². The lowest BCUT2D eigenvalue weighted by molar-refractivity contribution is 0.0595. The standard InChI is InChI=1S/C25H35N3O2/c1-19(2)27-12-14-28(15-13-27)25(29)22-7-6-21-18-24(9-8-20(21)17-22)30-16-10-23-5-4-11-26(23)3/h6-9,17-19,23H,4-5,10-16H2,1-3H3. The van der Waals surface area contributed by atoms with E-state index in [2.05, 4.69) is 42.8 Å². The number of hydrogen-bond donors (Lipinski definition) is 0. The van der Waals surface area contributed by atoms with Crippen molar-refractivity contribution >= 4 is 16.7 Å². The van der Waals surface area contributed by atoms with E-state index >= 15 is 0 Å². The maximum absolute atomic E-state index is 13.0. The van der Waals surface area contributed by atoms with Gasteiger partial charge in [-0.1, -0.05) is 12.1 Å². The topological polar surface area (TPSA) is 36.0 Å². The lowest BCUT2D eigenvalue weighted by Gasteiger charge is -2.37. The van der Waals surface area contributed by atoms with Crippen molar-refractivity contribution in [1.29, 1.82) is 0 Å². The molecule has 0 bridgehead atoms. The molecule has 2 saturated heterocycles. The Kier molecular flexibility index (Phi) is 6.59. The van der Waals surface area contributed by atoms with E-state index < -0.39 is 0 Å². The summed E-state index contributed by atoms with van der Waals surface area (Å²) in [7, 11) is 2.21. The van der Waals surface area contributed by atoms with Gasteiger partial charge in [0.05, 0.1) is 6.61 Å². The molecular formula is C25H35N3O2. The van der Waals surface area contributed by atoms with E-state index in [1.54, 1.807) is 0 Å². The number of rotatable bonds is 6. The van der Waals surface area contributed by atoms with Crippen molar-refractivity contribution in [2.75, 3.05) is 46.4 Å². The average Bonchev–Trinajstić information content (AvgIpc) is 3.17. The maximum Gasteiger partial charge on any atom is 0.253 e. The lowest BCUT2D eigenvalue weighted by Crippen LogP contribution is -2.50. The number of carbonyl (C=O) groups is 1. The van der Waals surface area contributed by atoms with E-state index in [-0.39, 0.29) is 5.91 Å². The Balaban J connectivity index is 1.36. The van der Waals surface area contributed by atoms with Crippen LogP contribution in [0.25, 0.3) is 10.8 Å². The van der Waals surface area contributed by atoms with Crippen LogP contribution < -0.4 is 4.74 Å². The highest BCUT2D eigenvalue weighted by atomic mass is 16.5. The first kappa shape index (κ1) is 21.1. The molecule has 0 saturated carbocycles. The molecule has 4 rings (SSSR count). The molecule has 2 heterocycles. The highest BCUT2D eigenvalue weighted by Gasteiger charge is 2.23. The summed E-state index contributed by atoms with van der Waals surface area (Å²) in [6, 6.07) is 13.4. The van der Waals surface area contributed by atoms with Gasteiger partial charge in [-0.25, -0.2) is 0 Å². The van der Waals surface area contributed by atoms with Gasteiger partial charge in [0.1, 0.15) is 5.75 Å². The fourth-order valence-corrected chi connectivity index (χ4v) is 4.73. The van der Waals surface area contributed by atoms with Gasteiger partial charge < -0.3 is 14.5 Å². The highest BCUT2D eigenvalue weighted by molar-refractivity contribution is 5.98. The average molecular weight is 410 g/mol. The Labute approximate surface area is 180 Å². The molecule has 1 amide bonds. The molecule has 1 unspecified atom stereocenters. The van der Waals surface area contributed by atoms with Crippen LogP contribution in [-0.4, -0.2) is 79.1 Å². The molecular weight excluding hydrogens is 374 g/mol. The number of likely N-dealkylation sites (tertiary alicyclic amines) is 1. The zero-order valence-electron chi connectivity index (χ0n) is 18.6. The smallest absolute Gasteiger partial charge is 0.253 e. The molecule has 0 aliphatic carbocycles. The third-order valence-electron chi connectivity index (χ3n) is 6.78. The van der Waals surface area contributed by atoms with Crippen molar-refractivity contribution in [1.82, 2.24) is 14.7 Å². The Morgan fingerprint density at radius 2 is 1.77 bits per heavy atom. The Bertz CT molecular complexity index is 874.